The second kappa shape index (κ2) is 7.72. The quantitative estimate of drug-likeness (QED) is 0.819. The lowest BCUT2D eigenvalue weighted by Crippen LogP contribution is -2.42. The highest BCUT2D eigenvalue weighted by Crippen LogP contribution is 2.31. The second-order valence-electron chi connectivity index (χ2n) is 4.95. The Labute approximate surface area is 126 Å². The Morgan fingerprint density at radius 1 is 1.48 bits per heavy atom. The van der Waals surface area contributed by atoms with Crippen LogP contribution in [-0.2, 0) is 4.79 Å². The van der Waals surface area contributed by atoms with Crippen molar-refractivity contribution in [2.45, 2.75) is 29.6 Å². The van der Waals surface area contributed by atoms with Crippen LogP contribution in [0.15, 0.2) is 29.2 Å². The van der Waals surface area contributed by atoms with Crippen molar-refractivity contribution in [1.29, 1.82) is 0 Å². The van der Waals surface area contributed by atoms with Crippen LogP contribution in [0, 0.1) is 0 Å². The Morgan fingerprint density at radius 3 is 2.95 bits per heavy atom. The largest absolute Gasteiger partial charge is 0.392 e. The number of hydrogen-bond acceptors (Lipinski definition) is 4. The first-order chi connectivity index (χ1) is 10.0. The first kappa shape index (κ1) is 16.2. The fourth-order valence-electron chi connectivity index (χ4n) is 2.34. The fraction of sp³-hybridized carbons (Fsp3) is 0.500. The smallest absolute Gasteiger partial charge is 0.288 e. The average Bonchev–Trinajstić information content (AvgIpc) is 2.40. The minimum Gasteiger partial charge on any atom is -0.392 e. The Balaban J connectivity index is 1.93. The lowest BCUT2D eigenvalue weighted by molar-refractivity contribution is -0.118. The van der Waals surface area contributed by atoms with Crippen molar-refractivity contribution in [2.75, 3.05) is 25.0 Å². The van der Waals surface area contributed by atoms with E-state index in [2.05, 4.69) is 5.32 Å². The highest BCUT2D eigenvalue weighted by molar-refractivity contribution is 7.99. The van der Waals surface area contributed by atoms with E-state index < -0.39 is 11.9 Å². The number of likely N-dealkylation sites (tertiary alicyclic amines) is 1. The number of piperidine rings is 1. The molecular formula is C14H18F2N2O2S. The normalized spacial score (nSPS) is 19.7. The molecule has 1 atom stereocenters. The van der Waals surface area contributed by atoms with Gasteiger partial charge in [0.2, 0.25) is 5.91 Å². The molecule has 0 bridgehead atoms. The summed E-state index contributed by atoms with van der Waals surface area (Å²) in [5.74, 6) is -2.79. The summed E-state index contributed by atoms with van der Waals surface area (Å²) in [6.07, 6.45) is 1.21. The molecular weight excluding hydrogens is 298 g/mol. The van der Waals surface area contributed by atoms with Gasteiger partial charge >= 0.3 is 0 Å². The van der Waals surface area contributed by atoms with Gasteiger partial charge in [-0.3, -0.25) is 9.69 Å². The van der Waals surface area contributed by atoms with E-state index in [-0.39, 0.29) is 12.5 Å². The highest BCUT2D eigenvalue weighted by Gasteiger charge is 2.20. The number of nitrogens with one attached hydrogen (secondary N) is 1. The van der Waals surface area contributed by atoms with Crippen LogP contribution in [0.5, 0.6) is 0 Å². The minimum atomic E-state index is -2.53. The number of alkyl halides is 2. The number of hydrogen-bond donors (Lipinski definition) is 2. The molecule has 1 aliphatic heterocycles. The van der Waals surface area contributed by atoms with Crippen LogP contribution >= 0.6 is 11.8 Å². The molecule has 1 amide bonds. The number of para-hydroxylation sites is 1. The number of halogens is 2. The number of rotatable bonds is 5. The van der Waals surface area contributed by atoms with Gasteiger partial charge < -0.3 is 10.4 Å². The third kappa shape index (κ3) is 5.26. The van der Waals surface area contributed by atoms with Crippen molar-refractivity contribution in [3.8, 4) is 0 Å². The number of thioether (sulfide) groups is 1. The van der Waals surface area contributed by atoms with E-state index in [1.165, 1.54) is 0 Å². The number of amides is 1. The Hall–Kier alpha value is -1.18. The van der Waals surface area contributed by atoms with E-state index in [9.17, 15) is 18.7 Å². The van der Waals surface area contributed by atoms with E-state index >= 15 is 0 Å². The average molecular weight is 316 g/mol. The highest BCUT2D eigenvalue weighted by atomic mass is 32.2. The van der Waals surface area contributed by atoms with Crippen molar-refractivity contribution in [1.82, 2.24) is 4.90 Å². The van der Waals surface area contributed by atoms with Gasteiger partial charge in [0.15, 0.2) is 0 Å². The van der Waals surface area contributed by atoms with Crippen LogP contribution < -0.4 is 5.32 Å². The number of nitrogens with zero attached hydrogens (tertiary/aromatic N) is 1. The SMILES string of the molecule is O=C(CN1CCCC(O)C1)Nc1ccccc1SC(F)F. The van der Waals surface area contributed by atoms with Crippen molar-refractivity contribution in [2.24, 2.45) is 0 Å². The van der Waals surface area contributed by atoms with E-state index in [0.717, 1.165) is 19.4 Å². The molecule has 1 aromatic carbocycles. The van der Waals surface area contributed by atoms with Crippen molar-refractivity contribution < 1.29 is 18.7 Å². The van der Waals surface area contributed by atoms with Gasteiger partial charge in [-0.25, -0.2) is 0 Å². The van der Waals surface area contributed by atoms with Gasteiger partial charge in [-0.1, -0.05) is 23.9 Å². The summed E-state index contributed by atoms with van der Waals surface area (Å²) < 4.78 is 24.9. The maximum Gasteiger partial charge on any atom is 0.288 e. The number of β-amino-alcohol motifs (C(OH)–C–C–N with tert-alkyl or cyclic N) is 1. The summed E-state index contributed by atoms with van der Waals surface area (Å²) in [6.45, 7) is 1.39. The number of carbonyl (C=O) groups excluding carboxylic acids is 1. The third-order valence-corrected chi connectivity index (χ3v) is 4.01. The number of anilines is 1. The first-order valence-electron chi connectivity index (χ1n) is 6.78. The Morgan fingerprint density at radius 2 is 2.24 bits per heavy atom. The molecule has 2 N–H and O–H groups in total. The lowest BCUT2D eigenvalue weighted by Gasteiger charge is -2.29. The molecule has 1 fully saturated rings. The number of benzene rings is 1. The summed E-state index contributed by atoms with van der Waals surface area (Å²) in [4.78, 5) is 14.2. The van der Waals surface area contributed by atoms with Crippen molar-refractivity contribution in [3.05, 3.63) is 24.3 Å². The van der Waals surface area contributed by atoms with Gasteiger partial charge in [-0.2, -0.15) is 8.78 Å². The minimum absolute atomic E-state index is 0.157. The van der Waals surface area contributed by atoms with Crippen LogP contribution in [0.1, 0.15) is 12.8 Å². The molecule has 1 aliphatic rings. The maximum atomic E-state index is 12.5. The standard InChI is InChI=1S/C14H18F2N2O2S/c15-14(16)21-12-6-2-1-5-11(12)17-13(20)9-18-7-3-4-10(19)8-18/h1-2,5-6,10,14,19H,3-4,7-9H2,(H,17,20). The van der Waals surface area contributed by atoms with E-state index in [0.29, 0.717) is 28.9 Å². The van der Waals surface area contributed by atoms with Crippen LogP contribution in [-0.4, -0.2) is 47.4 Å². The predicted octanol–water partition coefficient (Wildman–Crippen LogP) is 2.40. The van der Waals surface area contributed by atoms with Crippen LogP contribution in [0.4, 0.5) is 14.5 Å². The van der Waals surface area contributed by atoms with E-state index in [4.69, 9.17) is 0 Å². The number of aliphatic hydroxyl groups excluding tert-OH is 1. The zero-order valence-corrected chi connectivity index (χ0v) is 12.3. The second-order valence-corrected chi connectivity index (χ2v) is 5.99. The molecule has 0 radical (unpaired) electrons. The van der Waals surface area contributed by atoms with E-state index in [1.54, 1.807) is 24.3 Å². The zero-order valence-electron chi connectivity index (χ0n) is 11.5. The molecule has 116 valence electrons. The maximum absolute atomic E-state index is 12.5. The molecule has 1 saturated heterocycles. The van der Waals surface area contributed by atoms with Crippen molar-refractivity contribution in [3.63, 3.8) is 0 Å². The molecule has 0 saturated carbocycles. The van der Waals surface area contributed by atoms with Gasteiger partial charge in [-0.15, -0.1) is 0 Å². The lowest BCUT2D eigenvalue weighted by atomic mass is 10.1. The Kier molecular flexibility index (Phi) is 5.96. The molecule has 7 heteroatoms. The molecule has 0 aliphatic carbocycles. The summed E-state index contributed by atoms with van der Waals surface area (Å²) in [5, 5.41) is 12.2. The first-order valence-corrected chi connectivity index (χ1v) is 7.66. The van der Waals surface area contributed by atoms with Gasteiger partial charge in [0, 0.05) is 11.4 Å². The number of carbonyl (C=O) groups is 1. The topological polar surface area (TPSA) is 52.6 Å². The summed E-state index contributed by atoms with van der Waals surface area (Å²) in [6, 6.07) is 6.50. The van der Waals surface area contributed by atoms with Gasteiger partial charge in [-0.05, 0) is 31.5 Å². The van der Waals surface area contributed by atoms with Gasteiger partial charge in [0.1, 0.15) is 0 Å². The summed E-state index contributed by atoms with van der Waals surface area (Å²) in [5.41, 5.74) is 0.394. The van der Waals surface area contributed by atoms with Crippen molar-refractivity contribution >= 4 is 23.4 Å². The molecule has 0 spiro atoms. The predicted molar refractivity (Wildman–Crippen MR) is 78.6 cm³/mol. The molecule has 1 heterocycles. The summed E-state index contributed by atoms with van der Waals surface area (Å²) >= 11 is 0.412. The molecule has 4 nitrogen and oxygen atoms in total. The third-order valence-electron chi connectivity index (χ3n) is 3.23. The van der Waals surface area contributed by atoms with Crippen LogP contribution in [0.25, 0.3) is 0 Å². The zero-order chi connectivity index (χ0) is 15.2. The molecule has 21 heavy (non-hydrogen) atoms. The number of aliphatic hydroxyl groups is 1. The van der Waals surface area contributed by atoms with Crippen LogP contribution in [0.2, 0.25) is 0 Å². The van der Waals surface area contributed by atoms with Gasteiger partial charge in [0.05, 0.1) is 18.3 Å². The molecule has 1 unspecified atom stereocenters. The fourth-order valence-corrected chi connectivity index (χ4v) is 2.93. The monoisotopic (exact) mass is 316 g/mol. The van der Waals surface area contributed by atoms with Crippen LogP contribution in [0.3, 0.4) is 0 Å². The summed E-state index contributed by atoms with van der Waals surface area (Å²) in [7, 11) is 0. The van der Waals surface area contributed by atoms with Gasteiger partial charge in [0.25, 0.3) is 5.76 Å². The molecule has 0 aromatic heterocycles. The molecule has 1 aromatic rings. The Bertz CT molecular complexity index is 488. The molecule has 2 rings (SSSR count). The van der Waals surface area contributed by atoms with E-state index in [1.807, 2.05) is 4.90 Å².